The Hall–Kier alpha value is -2.35. The highest BCUT2D eigenvalue weighted by Crippen LogP contribution is 2.22. The molecule has 0 saturated carbocycles. The normalized spacial score (nSPS) is 10.8. The van der Waals surface area contributed by atoms with Crippen molar-refractivity contribution in [1.29, 1.82) is 0 Å². The van der Waals surface area contributed by atoms with E-state index in [0.717, 1.165) is 4.88 Å². The first-order chi connectivity index (χ1) is 8.25. The lowest BCUT2D eigenvalue weighted by Gasteiger charge is -1.93. The number of aromatic nitrogens is 5. The van der Waals surface area contributed by atoms with E-state index in [-0.39, 0.29) is 5.56 Å². The van der Waals surface area contributed by atoms with Crippen molar-refractivity contribution in [3.05, 3.63) is 24.0 Å². The molecule has 0 atom stereocenters. The fraction of sp³-hybridized carbons (Fsp3) is 0. The van der Waals surface area contributed by atoms with E-state index >= 15 is 0 Å². The molecule has 0 amide bonds. The molecule has 84 valence electrons. The zero-order valence-corrected chi connectivity index (χ0v) is 9.10. The van der Waals surface area contributed by atoms with E-state index in [0.29, 0.717) is 17.0 Å². The predicted octanol–water partition coefficient (Wildman–Crippen LogP) is 1.17. The molecule has 8 heteroatoms. The molecule has 0 aliphatic rings. The summed E-state index contributed by atoms with van der Waals surface area (Å²) < 4.78 is 3.72. The Morgan fingerprint density at radius 1 is 1.47 bits per heavy atom. The van der Waals surface area contributed by atoms with Gasteiger partial charge in [0, 0.05) is 6.20 Å². The molecule has 0 aromatic carbocycles. The Morgan fingerprint density at radius 3 is 3.06 bits per heavy atom. The van der Waals surface area contributed by atoms with Crippen molar-refractivity contribution < 1.29 is 9.90 Å². The van der Waals surface area contributed by atoms with E-state index in [1.54, 1.807) is 6.20 Å². The van der Waals surface area contributed by atoms with Gasteiger partial charge in [0.05, 0.1) is 17.3 Å². The molecule has 2 N–H and O–H groups in total. The van der Waals surface area contributed by atoms with Crippen LogP contribution < -0.4 is 0 Å². The maximum Gasteiger partial charge on any atom is 0.338 e. The zero-order chi connectivity index (χ0) is 11.8. The molecule has 0 unspecified atom stereocenters. The van der Waals surface area contributed by atoms with Crippen LogP contribution in [-0.4, -0.2) is 35.6 Å². The van der Waals surface area contributed by atoms with Gasteiger partial charge in [0.2, 0.25) is 0 Å². The quantitative estimate of drug-likeness (QED) is 0.704. The van der Waals surface area contributed by atoms with Crippen LogP contribution in [0.25, 0.3) is 21.9 Å². The van der Waals surface area contributed by atoms with Gasteiger partial charge in [-0.15, -0.1) is 5.10 Å². The molecule has 3 rings (SSSR count). The average molecular weight is 247 g/mol. The first-order valence-electron chi connectivity index (χ1n) is 4.61. The summed E-state index contributed by atoms with van der Waals surface area (Å²) in [6, 6.07) is 1.43. The number of aromatic carboxylic acids is 1. The number of imidazole rings is 1. The Labute approximate surface area is 98.3 Å². The fourth-order valence-corrected chi connectivity index (χ4v) is 1.94. The predicted molar refractivity (Wildman–Crippen MR) is 59.8 cm³/mol. The third-order valence-electron chi connectivity index (χ3n) is 2.22. The van der Waals surface area contributed by atoms with Crippen molar-refractivity contribution in [2.45, 2.75) is 0 Å². The summed E-state index contributed by atoms with van der Waals surface area (Å²) in [6.45, 7) is 0. The number of nitrogens with one attached hydrogen (secondary N) is 1. The molecule has 0 bridgehead atoms. The van der Waals surface area contributed by atoms with Gasteiger partial charge in [0.25, 0.3) is 0 Å². The molecule has 0 aliphatic heterocycles. The van der Waals surface area contributed by atoms with Crippen LogP contribution in [0.3, 0.4) is 0 Å². The molecular weight excluding hydrogens is 242 g/mol. The van der Waals surface area contributed by atoms with Crippen molar-refractivity contribution in [2.24, 2.45) is 0 Å². The largest absolute Gasteiger partial charge is 0.478 e. The summed E-state index contributed by atoms with van der Waals surface area (Å²) in [5.41, 5.74) is 0.919. The van der Waals surface area contributed by atoms with E-state index in [4.69, 9.17) is 5.11 Å². The van der Waals surface area contributed by atoms with Crippen molar-refractivity contribution in [3.8, 4) is 10.7 Å². The Balaban J connectivity index is 2.26. The SMILES string of the molecule is O=C(O)c1ccnc2nc(-c3cnns3)[nH]c12. The Morgan fingerprint density at radius 2 is 2.35 bits per heavy atom. The monoisotopic (exact) mass is 247 g/mol. The van der Waals surface area contributed by atoms with Crippen LogP contribution in [0.15, 0.2) is 18.5 Å². The van der Waals surface area contributed by atoms with Gasteiger partial charge in [0.15, 0.2) is 11.5 Å². The molecule has 0 radical (unpaired) electrons. The average Bonchev–Trinajstić information content (AvgIpc) is 2.96. The van der Waals surface area contributed by atoms with E-state index < -0.39 is 5.97 Å². The van der Waals surface area contributed by atoms with Crippen LogP contribution in [0.1, 0.15) is 10.4 Å². The topological polar surface area (TPSA) is 105 Å². The number of fused-ring (bicyclic) bond motifs is 1. The summed E-state index contributed by atoms with van der Waals surface area (Å²) in [5, 5.41) is 12.7. The summed E-state index contributed by atoms with van der Waals surface area (Å²) in [5.74, 6) is -0.494. The van der Waals surface area contributed by atoms with Crippen molar-refractivity contribution >= 4 is 28.7 Å². The molecular formula is C9H5N5O2S. The zero-order valence-electron chi connectivity index (χ0n) is 8.28. The van der Waals surface area contributed by atoms with Gasteiger partial charge in [-0.2, -0.15) is 0 Å². The molecule has 3 heterocycles. The molecule has 7 nitrogen and oxygen atoms in total. The van der Waals surface area contributed by atoms with Gasteiger partial charge in [0.1, 0.15) is 4.88 Å². The standard InChI is InChI=1S/C9H5N5O2S/c15-9(16)4-1-2-10-8-6(4)12-7(13-8)5-3-11-14-17-5/h1-3H,(H,15,16)(H,10,12,13). The number of hydrogen-bond donors (Lipinski definition) is 2. The van der Waals surface area contributed by atoms with Crippen LogP contribution in [-0.2, 0) is 0 Å². The Bertz CT molecular complexity index is 691. The summed E-state index contributed by atoms with van der Waals surface area (Å²) in [4.78, 5) is 22.9. The van der Waals surface area contributed by atoms with Crippen molar-refractivity contribution in [1.82, 2.24) is 24.5 Å². The van der Waals surface area contributed by atoms with Crippen LogP contribution in [0, 0.1) is 0 Å². The third-order valence-corrected chi connectivity index (χ3v) is 2.89. The highest BCUT2D eigenvalue weighted by Gasteiger charge is 2.14. The van der Waals surface area contributed by atoms with E-state index in [9.17, 15) is 4.79 Å². The van der Waals surface area contributed by atoms with Gasteiger partial charge in [-0.3, -0.25) is 0 Å². The third kappa shape index (κ3) is 1.54. The molecule has 0 aliphatic carbocycles. The minimum Gasteiger partial charge on any atom is -0.478 e. The molecule has 0 spiro atoms. The van der Waals surface area contributed by atoms with Gasteiger partial charge < -0.3 is 10.1 Å². The first-order valence-corrected chi connectivity index (χ1v) is 5.39. The second-order valence-electron chi connectivity index (χ2n) is 3.23. The van der Waals surface area contributed by atoms with Gasteiger partial charge in [-0.1, -0.05) is 4.49 Å². The van der Waals surface area contributed by atoms with Crippen LogP contribution in [0.2, 0.25) is 0 Å². The summed E-state index contributed by atoms with van der Waals surface area (Å²) in [7, 11) is 0. The van der Waals surface area contributed by atoms with Crippen molar-refractivity contribution in [2.75, 3.05) is 0 Å². The van der Waals surface area contributed by atoms with E-state index in [2.05, 4.69) is 24.5 Å². The number of carboxylic acid groups (broad SMARTS) is 1. The second-order valence-corrected chi connectivity index (χ2v) is 4.02. The lowest BCUT2D eigenvalue weighted by atomic mass is 10.2. The second kappa shape index (κ2) is 3.59. The molecule has 0 saturated heterocycles. The molecule has 3 aromatic rings. The first kappa shape index (κ1) is 9.85. The highest BCUT2D eigenvalue weighted by molar-refractivity contribution is 7.09. The maximum absolute atomic E-state index is 11.0. The summed E-state index contributed by atoms with van der Waals surface area (Å²) >= 11 is 1.18. The van der Waals surface area contributed by atoms with Gasteiger partial charge in [-0.25, -0.2) is 14.8 Å². The number of pyridine rings is 1. The maximum atomic E-state index is 11.0. The highest BCUT2D eigenvalue weighted by atomic mass is 32.1. The van der Waals surface area contributed by atoms with Crippen LogP contribution >= 0.6 is 11.5 Å². The number of rotatable bonds is 2. The summed E-state index contributed by atoms with van der Waals surface area (Å²) in [6.07, 6.45) is 2.98. The molecule has 17 heavy (non-hydrogen) atoms. The number of carboxylic acids is 1. The van der Waals surface area contributed by atoms with E-state index in [1.165, 1.54) is 23.8 Å². The van der Waals surface area contributed by atoms with E-state index in [1.807, 2.05) is 0 Å². The van der Waals surface area contributed by atoms with Crippen LogP contribution in [0.5, 0.6) is 0 Å². The molecule has 0 fully saturated rings. The number of aromatic amines is 1. The molecule has 3 aromatic heterocycles. The number of carbonyl (C=O) groups is 1. The number of hydrogen-bond acceptors (Lipinski definition) is 6. The smallest absolute Gasteiger partial charge is 0.338 e. The van der Waals surface area contributed by atoms with Gasteiger partial charge in [-0.05, 0) is 17.6 Å². The lowest BCUT2D eigenvalue weighted by molar-refractivity contribution is 0.0699. The minimum atomic E-state index is -1.02. The Kier molecular flexibility index (Phi) is 2.08. The minimum absolute atomic E-state index is 0.145. The number of nitrogens with zero attached hydrogens (tertiary/aromatic N) is 4. The lowest BCUT2D eigenvalue weighted by Crippen LogP contribution is -1.97. The van der Waals surface area contributed by atoms with Crippen LogP contribution in [0.4, 0.5) is 0 Å². The number of H-pyrrole nitrogens is 1. The van der Waals surface area contributed by atoms with Gasteiger partial charge >= 0.3 is 5.97 Å². The van der Waals surface area contributed by atoms with Crippen molar-refractivity contribution in [3.63, 3.8) is 0 Å². The fourth-order valence-electron chi connectivity index (χ4n) is 1.48.